The second-order valence-corrected chi connectivity index (χ2v) is 4.82. The molecule has 0 bridgehead atoms. The third kappa shape index (κ3) is 3.72. The fraction of sp³-hybridized carbons (Fsp3) is 0.250. The Morgan fingerprint density at radius 2 is 1.90 bits per heavy atom. The molecule has 1 N–H and O–H groups in total. The highest BCUT2D eigenvalue weighted by Gasteiger charge is 2.05. The van der Waals surface area contributed by atoms with Crippen molar-refractivity contribution in [1.29, 1.82) is 0 Å². The van der Waals surface area contributed by atoms with Crippen LogP contribution in [0.2, 0.25) is 0 Å². The largest absolute Gasteiger partial charge is 0.497 e. The number of amides is 1. The molecule has 2 aromatic rings. The van der Waals surface area contributed by atoms with Gasteiger partial charge in [0.2, 0.25) is 5.91 Å². The van der Waals surface area contributed by atoms with Crippen molar-refractivity contribution < 1.29 is 14.1 Å². The molecule has 0 saturated carbocycles. The molecule has 0 radical (unpaired) electrons. The van der Waals surface area contributed by atoms with E-state index in [1.165, 1.54) is 6.08 Å². The quantitative estimate of drug-likeness (QED) is 0.876. The van der Waals surface area contributed by atoms with Gasteiger partial charge in [-0.1, -0.05) is 5.16 Å². The predicted octanol–water partition coefficient (Wildman–Crippen LogP) is 3.26. The van der Waals surface area contributed by atoms with Crippen LogP contribution in [0.1, 0.15) is 22.5 Å². The van der Waals surface area contributed by atoms with E-state index in [4.69, 9.17) is 9.26 Å². The van der Waals surface area contributed by atoms with Crippen LogP contribution in [-0.4, -0.2) is 18.2 Å². The number of benzene rings is 1. The van der Waals surface area contributed by atoms with Crippen LogP contribution in [0, 0.1) is 20.8 Å². The van der Waals surface area contributed by atoms with Gasteiger partial charge in [-0.2, -0.15) is 0 Å². The molecule has 0 saturated heterocycles. The number of hydrogen-bond donors (Lipinski definition) is 1. The topological polar surface area (TPSA) is 64.4 Å². The molecule has 1 amide bonds. The first kappa shape index (κ1) is 14.8. The summed E-state index contributed by atoms with van der Waals surface area (Å²) in [6.45, 7) is 5.73. The second kappa shape index (κ2) is 6.26. The Hall–Kier alpha value is -2.56. The summed E-state index contributed by atoms with van der Waals surface area (Å²) in [4.78, 5) is 11.8. The smallest absolute Gasteiger partial charge is 0.249 e. The maximum atomic E-state index is 11.8. The van der Waals surface area contributed by atoms with Crippen LogP contribution < -0.4 is 10.1 Å². The van der Waals surface area contributed by atoms with E-state index in [2.05, 4.69) is 10.5 Å². The van der Waals surface area contributed by atoms with Crippen LogP contribution >= 0.6 is 0 Å². The van der Waals surface area contributed by atoms with Gasteiger partial charge < -0.3 is 14.6 Å². The molecule has 1 aromatic heterocycles. The van der Waals surface area contributed by atoms with Gasteiger partial charge in [-0.05, 0) is 55.7 Å². The average Bonchev–Trinajstić information content (AvgIpc) is 2.82. The van der Waals surface area contributed by atoms with Crippen molar-refractivity contribution in [3.63, 3.8) is 0 Å². The summed E-state index contributed by atoms with van der Waals surface area (Å²) < 4.78 is 10.1. The number of carbonyl (C=O) groups is 1. The van der Waals surface area contributed by atoms with Crippen molar-refractivity contribution in [1.82, 2.24) is 5.16 Å². The maximum Gasteiger partial charge on any atom is 0.249 e. The molecule has 2 rings (SSSR count). The summed E-state index contributed by atoms with van der Waals surface area (Å²) in [6.07, 6.45) is 3.26. The number of rotatable bonds is 4. The minimum Gasteiger partial charge on any atom is -0.497 e. The Morgan fingerprint density at radius 1 is 1.24 bits per heavy atom. The van der Waals surface area contributed by atoms with E-state index < -0.39 is 0 Å². The number of aryl methyl sites for hydroxylation is 3. The van der Waals surface area contributed by atoms with Gasteiger partial charge in [-0.15, -0.1) is 0 Å². The van der Waals surface area contributed by atoms with Crippen molar-refractivity contribution in [3.8, 4) is 5.75 Å². The SMILES string of the molecule is COc1cc(C)c(/C=C/C(=O)Nc2cc(C)on2)c(C)c1. The van der Waals surface area contributed by atoms with Crippen molar-refractivity contribution >= 4 is 17.8 Å². The van der Waals surface area contributed by atoms with Crippen LogP contribution in [0.4, 0.5) is 5.82 Å². The normalized spacial score (nSPS) is 10.9. The van der Waals surface area contributed by atoms with E-state index in [9.17, 15) is 4.79 Å². The summed E-state index contributed by atoms with van der Waals surface area (Å²) in [5, 5.41) is 6.35. The zero-order valence-electron chi connectivity index (χ0n) is 12.6. The van der Waals surface area contributed by atoms with E-state index in [0.29, 0.717) is 11.6 Å². The molecule has 1 heterocycles. The minimum absolute atomic E-state index is 0.252. The number of ether oxygens (including phenoxy) is 1. The number of methoxy groups -OCH3 is 1. The van der Waals surface area contributed by atoms with E-state index in [1.54, 1.807) is 26.2 Å². The molecule has 5 heteroatoms. The van der Waals surface area contributed by atoms with E-state index in [1.807, 2.05) is 26.0 Å². The Morgan fingerprint density at radius 3 is 2.43 bits per heavy atom. The molecular formula is C16H18N2O3. The van der Waals surface area contributed by atoms with Crippen LogP contribution in [0.15, 0.2) is 28.8 Å². The van der Waals surface area contributed by atoms with Crippen LogP contribution in [0.5, 0.6) is 5.75 Å². The number of aromatic nitrogens is 1. The number of carbonyl (C=O) groups excluding carboxylic acids is 1. The van der Waals surface area contributed by atoms with Gasteiger partial charge in [-0.25, -0.2) is 0 Å². The summed E-state index contributed by atoms with van der Waals surface area (Å²) in [5.41, 5.74) is 3.10. The van der Waals surface area contributed by atoms with Crippen molar-refractivity contribution in [2.75, 3.05) is 12.4 Å². The summed E-state index contributed by atoms with van der Waals surface area (Å²) in [6, 6.07) is 5.53. The third-order valence-electron chi connectivity index (χ3n) is 3.08. The zero-order valence-corrected chi connectivity index (χ0v) is 12.6. The molecule has 0 unspecified atom stereocenters. The fourth-order valence-electron chi connectivity index (χ4n) is 2.07. The first-order valence-corrected chi connectivity index (χ1v) is 6.57. The number of nitrogens with one attached hydrogen (secondary N) is 1. The van der Waals surface area contributed by atoms with Crippen molar-refractivity contribution in [3.05, 3.63) is 46.7 Å². The number of anilines is 1. The average molecular weight is 286 g/mol. The van der Waals surface area contributed by atoms with Crippen LogP contribution in [-0.2, 0) is 4.79 Å². The molecule has 21 heavy (non-hydrogen) atoms. The molecule has 110 valence electrons. The summed E-state index contributed by atoms with van der Waals surface area (Å²) >= 11 is 0. The predicted molar refractivity (Wildman–Crippen MR) is 81.4 cm³/mol. The van der Waals surface area contributed by atoms with Gasteiger partial charge in [0.05, 0.1) is 7.11 Å². The van der Waals surface area contributed by atoms with Gasteiger partial charge >= 0.3 is 0 Å². The lowest BCUT2D eigenvalue weighted by Crippen LogP contribution is -2.07. The van der Waals surface area contributed by atoms with Crippen LogP contribution in [0.3, 0.4) is 0 Å². The number of nitrogens with zero attached hydrogens (tertiary/aromatic N) is 1. The van der Waals surface area contributed by atoms with Crippen molar-refractivity contribution in [2.45, 2.75) is 20.8 Å². The van der Waals surface area contributed by atoms with Gasteiger partial charge in [0.1, 0.15) is 11.5 Å². The first-order chi connectivity index (χ1) is 9.99. The van der Waals surface area contributed by atoms with Gasteiger partial charge in [0, 0.05) is 12.1 Å². The Balaban J connectivity index is 2.12. The Labute approximate surface area is 123 Å². The standard InChI is InChI=1S/C16H18N2O3/c1-10-7-13(20-4)8-11(2)14(10)5-6-16(19)17-15-9-12(3)21-18-15/h5-9H,1-4H3,(H,17,18,19)/b6-5+. The number of hydrogen-bond acceptors (Lipinski definition) is 4. The molecule has 0 aliphatic heterocycles. The molecule has 0 atom stereocenters. The molecule has 0 aliphatic rings. The molecule has 0 fully saturated rings. The van der Waals surface area contributed by atoms with Crippen molar-refractivity contribution in [2.24, 2.45) is 0 Å². The Kier molecular flexibility index (Phi) is 4.42. The highest BCUT2D eigenvalue weighted by Crippen LogP contribution is 2.22. The lowest BCUT2D eigenvalue weighted by molar-refractivity contribution is -0.111. The van der Waals surface area contributed by atoms with Crippen LogP contribution in [0.25, 0.3) is 6.08 Å². The lowest BCUT2D eigenvalue weighted by atomic mass is 10.0. The molecule has 1 aromatic carbocycles. The molecule has 0 spiro atoms. The minimum atomic E-state index is -0.252. The fourth-order valence-corrected chi connectivity index (χ4v) is 2.07. The van der Waals surface area contributed by atoms with E-state index >= 15 is 0 Å². The van der Waals surface area contributed by atoms with Gasteiger partial charge in [0.15, 0.2) is 5.82 Å². The summed E-state index contributed by atoms with van der Waals surface area (Å²) in [5.74, 6) is 1.61. The second-order valence-electron chi connectivity index (χ2n) is 4.82. The van der Waals surface area contributed by atoms with E-state index in [-0.39, 0.29) is 5.91 Å². The monoisotopic (exact) mass is 286 g/mol. The maximum absolute atomic E-state index is 11.8. The highest BCUT2D eigenvalue weighted by molar-refractivity contribution is 6.01. The molecule has 5 nitrogen and oxygen atoms in total. The Bertz CT molecular complexity index is 664. The molecular weight excluding hydrogens is 268 g/mol. The van der Waals surface area contributed by atoms with E-state index in [0.717, 1.165) is 22.4 Å². The zero-order chi connectivity index (χ0) is 15.4. The summed E-state index contributed by atoms with van der Waals surface area (Å²) in [7, 11) is 1.64. The van der Waals surface area contributed by atoms with Gasteiger partial charge in [0.25, 0.3) is 0 Å². The molecule has 0 aliphatic carbocycles. The first-order valence-electron chi connectivity index (χ1n) is 6.57. The third-order valence-corrected chi connectivity index (χ3v) is 3.08. The highest BCUT2D eigenvalue weighted by atomic mass is 16.5. The lowest BCUT2D eigenvalue weighted by Gasteiger charge is -2.08. The van der Waals surface area contributed by atoms with Gasteiger partial charge in [-0.3, -0.25) is 4.79 Å².